The van der Waals surface area contributed by atoms with Gasteiger partial charge in [-0.3, -0.25) is 4.79 Å². The van der Waals surface area contributed by atoms with Gasteiger partial charge >= 0.3 is 5.97 Å². The number of esters is 1. The van der Waals surface area contributed by atoms with Gasteiger partial charge in [-0.2, -0.15) is 0 Å². The molecule has 2 heteroatoms. The minimum absolute atomic E-state index is 0.0140. The fourth-order valence-corrected chi connectivity index (χ4v) is 2.22. The number of hydrogen-bond acceptors (Lipinski definition) is 2. The second-order valence-electron chi connectivity index (χ2n) is 6.58. The predicted octanol–water partition coefficient (Wildman–Crippen LogP) is 5.50. The first kappa shape index (κ1) is 18.5. The molecule has 0 saturated heterocycles. The average Bonchev–Trinajstić information content (AvgIpc) is 2.30. The molecule has 0 aliphatic carbocycles. The monoisotopic (exact) mass is 270 g/mol. The lowest BCUT2D eigenvalue weighted by molar-refractivity contribution is -0.160. The quantitative estimate of drug-likeness (QED) is 0.387. The Labute approximate surface area is 120 Å². The lowest BCUT2D eigenvalue weighted by Gasteiger charge is -2.24. The highest BCUT2D eigenvalue weighted by molar-refractivity contribution is 5.72. The molecule has 0 spiro atoms. The summed E-state index contributed by atoms with van der Waals surface area (Å²) in [6.45, 7) is 10.3. The van der Waals surface area contributed by atoms with Crippen molar-refractivity contribution < 1.29 is 9.53 Å². The summed E-state index contributed by atoms with van der Waals surface area (Å²) in [4.78, 5) is 12.2. The van der Waals surface area contributed by atoms with Crippen molar-refractivity contribution in [1.29, 1.82) is 0 Å². The fourth-order valence-electron chi connectivity index (χ4n) is 2.22. The third kappa shape index (κ3) is 11.0. The molecule has 0 fully saturated rings. The van der Waals surface area contributed by atoms with E-state index in [2.05, 4.69) is 13.8 Å². The highest BCUT2D eigenvalue weighted by atomic mass is 16.6. The van der Waals surface area contributed by atoms with Crippen molar-refractivity contribution in [3.8, 4) is 0 Å². The molecule has 19 heavy (non-hydrogen) atoms. The standard InChI is InChI=1S/C17H34O2/c1-6-8-10-12-14-15(13-11-9-7-2)16(18)19-17(3,4)5/h15H,6-14H2,1-5H3. The van der Waals surface area contributed by atoms with Crippen LogP contribution in [0.3, 0.4) is 0 Å². The van der Waals surface area contributed by atoms with Gasteiger partial charge in [0.25, 0.3) is 0 Å². The van der Waals surface area contributed by atoms with E-state index in [0.29, 0.717) is 0 Å². The molecule has 0 amide bonds. The van der Waals surface area contributed by atoms with Crippen LogP contribution in [0.5, 0.6) is 0 Å². The summed E-state index contributed by atoms with van der Waals surface area (Å²) in [5.41, 5.74) is -0.358. The first-order valence-electron chi connectivity index (χ1n) is 8.13. The lowest BCUT2D eigenvalue weighted by Crippen LogP contribution is -2.28. The maximum absolute atomic E-state index is 12.2. The molecule has 0 aliphatic rings. The van der Waals surface area contributed by atoms with Crippen molar-refractivity contribution >= 4 is 5.97 Å². The van der Waals surface area contributed by atoms with Gasteiger partial charge in [0.15, 0.2) is 0 Å². The first-order valence-corrected chi connectivity index (χ1v) is 8.13. The highest BCUT2D eigenvalue weighted by Crippen LogP contribution is 2.22. The molecular weight excluding hydrogens is 236 g/mol. The molecule has 0 aromatic carbocycles. The Morgan fingerprint density at radius 3 is 1.84 bits per heavy atom. The minimum Gasteiger partial charge on any atom is -0.460 e. The zero-order valence-corrected chi connectivity index (χ0v) is 13.8. The predicted molar refractivity (Wildman–Crippen MR) is 82.2 cm³/mol. The zero-order chi connectivity index (χ0) is 14.7. The Kier molecular flexibility index (Phi) is 9.99. The van der Waals surface area contributed by atoms with Gasteiger partial charge in [-0.15, -0.1) is 0 Å². The Hall–Kier alpha value is -0.530. The van der Waals surface area contributed by atoms with Crippen LogP contribution in [0.25, 0.3) is 0 Å². The van der Waals surface area contributed by atoms with Gasteiger partial charge in [-0.25, -0.2) is 0 Å². The molecule has 114 valence electrons. The van der Waals surface area contributed by atoms with Crippen molar-refractivity contribution in [2.45, 2.75) is 98.0 Å². The van der Waals surface area contributed by atoms with Crippen LogP contribution in [0, 0.1) is 5.92 Å². The summed E-state index contributed by atoms with van der Waals surface area (Å²) >= 11 is 0. The normalized spacial score (nSPS) is 13.3. The maximum Gasteiger partial charge on any atom is 0.309 e. The largest absolute Gasteiger partial charge is 0.460 e. The van der Waals surface area contributed by atoms with Crippen molar-refractivity contribution in [3.05, 3.63) is 0 Å². The second kappa shape index (κ2) is 10.3. The van der Waals surface area contributed by atoms with E-state index in [1.54, 1.807) is 0 Å². The summed E-state index contributed by atoms with van der Waals surface area (Å²) in [6.07, 6.45) is 10.5. The Balaban J connectivity index is 4.18. The minimum atomic E-state index is -0.358. The van der Waals surface area contributed by atoms with Gasteiger partial charge in [0.2, 0.25) is 0 Å². The van der Waals surface area contributed by atoms with Gasteiger partial charge in [0.1, 0.15) is 5.60 Å². The van der Waals surface area contributed by atoms with Crippen molar-refractivity contribution in [2.75, 3.05) is 0 Å². The van der Waals surface area contributed by atoms with Gasteiger partial charge in [0, 0.05) is 0 Å². The third-order valence-electron chi connectivity index (χ3n) is 3.30. The molecule has 0 aromatic heterocycles. The van der Waals surface area contributed by atoms with Crippen molar-refractivity contribution in [2.24, 2.45) is 5.92 Å². The fraction of sp³-hybridized carbons (Fsp3) is 0.941. The van der Waals surface area contributed by atoms with Crippen LogP contribution in [0.1, 0.15) is 92.4 Å². The van der Waals surface area contributed by atoms with Crippen LogP contribution in [0.4, 0.5) is 0 Å². The average molecular weight is 270 g/mol. The first-order chi connectivity index (χ1) is 8.90. The van der Waals surface area contributed by atoms with Crippen molar-refractivity contribution in [3.63, 3.8) is 0 Å². The number of rotatable bonds is 10. The van der Waals surface area contributed by atoms with E-state index in [4.69, 9.17) is 4.74 Å². The van der Waals surface area contributed by atoms with E-state index in [0.717, 1.165) is 25.7 Å². The molecule has 0 rings (SSSR count). The van der Waals surface area contributed by atoms with Crippen LogP contribution in [0.15, 0.2) is 0 Å². The van der Waals surface area contributed by atoms with E-state index < -0.39 is 0 Å². The highest BCUT2D eigenvalue weighted by Gasteiger charge is 2.24. The van der Waals surface area contributed by atoms with E-state index in [1.807, 2.05) is 20.8 Å². The van der Waals surface area contributed by atoms with E-state index in [1.165, 1.54) is 32.1 Å². The number of unbranched alkanes of at least 4 members (excludes halogenated alkanes) is 5. The van der Waals surface area contributed by atoms with Crippen LogP contribution in [0.2, 0.25) is 0 Å². The zero-order valence-electron chi connectivity index (χ0n) is 13.8. The molecule has 2 nitrogen and oxygen atoms in total. The van der Waals surface area contributed by atoms with Crippen LogP contribution in [-0.2, 0) is 9.53 Å². The topological polar surface area (TPSA) is 26.3 Å². The lowest BCUT2D eigenvalue weighted by atomic mass is 9.94. The number of carbonyl (C=O) groups excluding carboxylic acids is 1. The number of ether oxygens (including phenoxy) is 1. The van der Waals surface area contributed by atoms with Gasteiger partial charge in [0.05, 0.1) is 5.92 Å². The summed E-state index contributed by atoms with van der Waals surface area (Å²) in [5.74, 6) is 0.128. The molecule has 0 radical (unpaired) electrons. The van der Waals surface area contributed by atoms with E-state index in [9.17, 15) is 4.79 Å². The van der Waals surface area contributed by atoms with E-state index >= 15 is 0 Å². The smallest absolute Gasteiger partial charge is 0.309 e. The van der Waals surface area contributed by atoms with Gasteiger partial charge in [-0.1, -0.05) is 58.8 Å². The number of hydrogen-bond donors (Lipinski definition) is 0. The molecule has 0 saturated carbocycles. The molecule has 0 heterocycles. The molecule has 0 N–H and O–H groups in total. The Bertz CT molecular complexity index is 228. The van der Waals surface area contributed by atoms with Crippen LogP contribution in [-0.4, -0.2) is 11.6 Å². The Morgan fingerprint density at radius 2 is 1.37 bits per heavy atom. The molecular formula is C17H34O2. The van der Waals surface area contributed by atoms with Crippen LogP contribution < -0.4 is 0 Å². The molecule has 0 aliphatic heterocycles. The summed E-state index contributed by atoms with van der Waals surface area (Å²) in [6, 6.07) is 0. The van der Waals surface area contributed by atoms with Crippen molar-refractivity contribution in [1.82, 2.24) is 0 Å². The maximum atomic E-state index is 12.2. The van der Waals surface area contributed by atoms with Gasteiger partial charge < -0.3 is 4.74 Å². The van der Waals surface area contributed by atoms with Crippen LogP contribution >= 0.6 is 0 Å². The Morgan fingerprint density at radius 1 is 0.895 bits per heavy atom. The summed E-state index contributed by atoms with van der Waals surface area (Å²) < 4.78 is 5.55. The number of carbonyl (C=O) groups is 1. The molecule has 0 bridgehead atoms. The van der Waals surface area contributed by atoms with E-state index in [-0.39, 0.29) is 17.5 Å². The summed E-state index contributed by atoms with van der Waals surface area (Å²) in [5, 5.41) is 0. The van der Waals surface area contributed by atoms with Gasteiger partial charge in [-0.05, 0) is 33.6 Å². The second-order valence-corrected chi connectivity index (χ2v) is 6.58. The molecule has 1 unspecified atom stereocenters. The third-order valence-corrected chi connectivity index (χ3v) is 3.30. The summed E-state index contributed by atoms with van der Waals surface area (Å²) in [7, 11) is 0. The molecule has 1 atom stereocenters. The molecule has 0 aromatic rings. The SMILES string of the molecule is CCCCCCC(CCCCC)C(=O)OC(C)(C)C.